The molecule has 0 aliphatic heterocycles. The van der Waals surface area contributed by atoms with E-state index < -0.39 is 0 Å². The number of nitrogens with one attached hydrogen (secondary N) is 2. The van der Waals surface area contributed by atoms with Gasteiger partial charge in [0.05, 0.1) is 18.4 Å². The Labute approximate surface area is 145 Å². The van der Waals surface area contributed by atoms with Gasteiger partial charge in [0.25, 0.3) is 0 Å². The molecular weight excluding hydrogens is 324 g/mol. The predicted molar refractivity (Wildman–Crippen MR) is 95.0 cm³/mol. The molecule has 7 heteroatoms. The number of hydrogen-bond acceptors (Lipinski definition) is 6. The molecule has 3 rings (SSSR count). The lowest BCUT2D eigenvalue weighted by atomic mass is 10.1. The molecule has 24 heavy (non-hydrogen) atoms. The monoisotopic (exact) mass is 340 g/mol. The van der Waals surface area contributed by atoms with Gasteiger partial charge in [-0.3, -0.25) is 4.98 Å². The van der Waals surface area contributed by atoms with Crippen molar-refractivity contribution in [1.29, 1.82) is 0 Å². The fourth-order valence-electron chi connectivity index (χ4n) is 2.16. The molecule has 0 atom stereocenters. The summed E-state index contributed by atoms with van der Waals surface area (Å²) in [6.07, 6.45) is 4.18. The van der Waals surface area contributed by atoms with Crippen molar-refractivity contribution in [3.05, 3.63) is 71.1 Å². The van der Waals surface area contributed by atoms with Crippen LogP contribution in [0.25, 0.3) is 0 Å². The minimum absolute atomic E-state index is 0.489. The van der Waals surface area contributed by atoms with E-state index in [0.29, 0.717) is 24.9 Å². The van der Waals surface area contributed by atoms with Crippen molar-refractivity contribution in [2.45, 2.75) is 13.0 Å². The van der Waals surface area contributed by atoms with Crippen LogP contribution < -0.4 is 10.6 Å². The third-order valence-electron chi connectivity index (χ3n) is 3.32. The number of rotatable bonds is 7. The zero-order chi connectivity index (χ0) is 16.6. The molecule has 0 spiro atoms. The minimum atomic E-state index is 0.489. The van der Waals surface area contributed by atoms with Crippen molar-refractivity contribution >= 4 is 23.4 Å². The van der Waals surface area contributed by atoms with E-state index in [9.17, 15) is 0 Å². The molecule has 0 saturated heterocycles. The number of hydrogen-bond donors (Lipinski definition) is 2. The summed E-state index contributed by atoms with van der Waals surface area (Å²) in [6.45, 7) is 1.28. The van der Waals surface area contributed by atoms with Crippen molar-refractivity contribution in [2.75, 3.05) is 17.2 Å². The summed E-state index contributed by atoms with van der Waals surface area (Å²) in [7, 11) is 0. The molecule has 0 aliphatic carbocycles. The van der Waals surface area contributed by atoms with Gasteiger partial charge < -0.3 is 10.6 Å². The molecule has 0 amide bonds. The Morgan fingerprint density at radius 1 is 1.04 bits per heavy atom. The van der Waals surface area contributed by atoms with Gasteiger partial charge in [-0.2, -0.15) is 10.1 Å². The first-order chi connectivity index (χ1) is 11.8. The van der Waals surface area contributed by atoms with Gasteiger partial charge in [0.15, 0.2) is 5.82 Å². The molecule has 1 aromatic carbocycles. The van der Waals surface area contributed by atoms with Crippen LogP contribution in [0.2, 0.25) is 5.02 Å². The molecule has 0 bridgehead atoms. The van der Waals surface area contributed by atoms with Gasteiger partial charge in [-0.15, -0.1) is 5.10 Å². The summed E-state index contributed by atoms with van der Waals surface area (Å²) in [5.74, 6) is 1.14. The largest absolute Gasteiger partial charge is 0.363 e. The molecule has 2 aromatic heterocycles. The normalized spacial score (nSPS) is 10.4. The molecule has 0 fully saturated rings. The van der Waals surface area contributed by atoms with Crippen molar-refractivity contribution in [3.63, 3.8) is 0 Å². The first-order valence-electron chi connectivity index (χ1n) is 7.61. The maximum absolute atomic E-state index is 5.98. The number of aromatic nitrogens is 4. The van der Waals surface area contributed by atoms with Crippen LogP contribution in [0, 0.1) is 0 Å². The lowest BCUT2D eigenvalue weighted by Crippen LogP contribution is -2.11. The van der Waals surface area contributed by atoms with Gasteiger partial charge in [0.2, 0.25) is 5.95 Å². The second-order valence-corrected chi connectivity index (χ2v) is 5.58. The molecule has 122 valence electrons. The van der Waals surface area contributed by atoms with Crippen LogP contribution in [0.15, 0.2) is 54.9 Å². The van der Waals surface area contributed by atoms with E-state index in [2.05, 4.69) is 30.8 Å². The number of benzene rings is 1. The van der Waals surface area contributed by atoms with Crippen LogP contribution in [0.3, 0.4) is 0 Å². The molecule has 0 unspecified atom stereocenters. The SMILES string of the molecule is Clc1cccc(CCNc2nncc(NCc3ccccn3)n2)c1. The second-order valence-electron chi connectivity index (χ2n) is 5.15. The Hall–Kier alpha value is -2.73. The van der Waals surface area contributed by atoms with E-state index in [0.717, 1.165) is 22.7 Å². The van der Waals surface area contributed by atoms with E-state index in [1.807, 2.05) is 42.5 Å². The lowest BCUT2D eigenvalue weighted by Gasteiger charge is -2.07. The van der Waals surface area contributed by atoms with Gasteiger partial charge >= 0.3 is 0 Å². The average molecular weight is 341 g/mol. The number of anilines is 2. The molecule has 0 aliphatic rings. The number of pyridine rings is 1. The van der Waals surface area contributed by atoms with Crippen LogP contribution in [0.5, 0.6) is 0 Å². The maximum Gasteiger partial charge on any atom is 0.244 e. The Morgan fingerprint density at radius 3 is 2.83 bits per heavy atom. The summed E-state index contributed by atoms with van der Waals surface area (Å²) in [5, 5.41) is 15.0. The molecule has 3 aromatic rings. The van der Waals surface area contributed by atoms with Crippen molar-refractivity contribution in [3.8, 4) is 0 Å². The average Bonchev–Trinajstić information content (AvgIpc) is 2.61. The van der Waals surface area contributed by atoms with Crippen LogP contribution in [-0.2, 0) is 13.0 Å². The Bertz CT molecular complexity index is 781. The first-order valence-corrected chi connectivity index (χ1v) is 7.99. The molecule has 0 radical (unpaired) electrons. The van der Waals surface area contributed by atoms with Gasteiger partial charge in [0, 0.05) is 17.8 Å². The van der Waals surface area contributed by atoms with Gasteiger partial charge in [-0.25, -0.2) is 0 Å². The van der Waals surface area contributed by atoms with E-state index in [-0.39, 0.29) is 0 Å². The fraction of sp³-hybridized carbons (Fsp3) is 0.176. The third-order valence-corrected chi connectivity index (χ3v) is 3.56. The smallest absolute Gasteiger partial charge is 0.244 e. The number of halogens is 1. The van der Waals surface area contributed by atoms with Crippen LogP contribution >= 0.6 is 11.6 Å². The van der Waals surface area contributed by atoms with Crippen molar-refractivity contribution in [1.82, 2.24) is 20.2 Å². The zero-order valence-electron chi connectivity index (χ0n) is 13.0. The molecule has 2 N–H and O–H groups in total. The van der Waals surface area contributed by atoms with Crippen molar-refractivity contribution < 1.29 is 0 Å². The summed E-state index contributed by atoms with van der Waals surface area (Å²) < 4.78 is 0. The maximum atomic E-state index is 5.98. The minimum Gasteiger partial charge on any atom is -0.363 e. The zero-order valence-corrected chi connectivity index (χ0v) is 13.7. The second kappa shape index (κ2) is 8.21. The van der Waals surface area contributed by atoms with Crippen molar-refractivity contribution in [2.24, 2.45) is 0 Å². The fourth-order valence-corrected chi connectivity index (χ4v) is 2.37. The van der Waals surface area contributed by atoms with E-state index >= 15 is 0 Å². The summed E-state index contributed by atoms with van der Waals surface area (Å²) in [6, 6.07) is 13.6. The Kier molecular flexibility index (Phi) is 5.52. The van der Waals surface area contributed by atoms with E-state index in [1.165, 1.54) is 0 Å². The van der Waals surface area contributed by atoms with E-state index in [4.69, 9.17) is 11.6 Å². The quantitative estimate of drug-likeness (QED) is 0.688. The Morgan fingerprint density at radius 2 is 2.00 bits per heavy atom. The van der Waals surface area contributed by atoms with Crippen LogP contribution in [-0.4, -0.2) is 26.7 Å². The lowest BCUT2D eigenvalue weighted by molar-refractivity contribution is 0.917. The summed E-state index contributed by atoms with van der Waals surface area (Å²) in [5.41, 5.74) is 2.10. The predicted octanol–water partition coefficient (Wildman–Crippen LogP) is 3.19. The highest BCUT2D eigenvalue weighted by Crippen LogP contribution is 2.11. The van der Waals surface area contributed by atoms with E-state index in [1.54, 1.807) is 12.4 Å². The number of nitrogens with zero attached hydrogens (tertiary/aromatic N) is 4. The van der Waals surface area contributed by atoms with Crippen LogP contribution in [0.4, 0.5) is 11.8 Å². The van der Waals surface area contributed by atoms with Gasteiger partial charge in [-0.05, 0) is 36.2 Å². The highest BCUT2D eigenvalue weighted by molar-refractivity contribution is 6.30. The molecular formula is C17H17ClN6. The standard InChI is InChI=1S/C17H17ClN6/c18-14-5-3-4-13(10-14)7-9-20-17-23-16(12-22-24-17)21-11-15-6-1-2-8-19-15/h1-6,8,10,12H,7,9,11H2,(H2,20,21,23,24). The highest BCUT2D eigenvalue weighted by Gasteiger charge is 2.01. The summed E-state index contributed by atoms with van der Waals surface area (Å²) >= 11 is 5.98. The molecule has 6 nitrogen and oxygen atoms in total. The van der Waals surface area contributed by atoms with Gasteiger partial charge in [-0.1, -0.05) is 29.8 Å². The summed E-state index contributed by atoms with van der Waals surface area (Å²) in [4.78, 5) is 8.64. The third kappa shape index (κ3) is 4.89. The Balaban J connectivity index is 1.51. The molecule has 2 heterocycles. The first kappa shape index (κ1) is 16.1. The highest BCUT2D eigenvalue weighted by atomic mass is 35.5. The topological polar surface area (TPSA) is 75.6 Å². The van der Waals surface area contributed by atoms with Gasteiger partial charge in [0.1, 0.15) is 0 Å². The molecule has 0 saturated carbocycles. The van der Waals surface area contributed by atoms with Crippen LogP contribution in [0.1, 0.15) is 11.3 Å².